The Kier molecular flexibility index (Phi) is 25.4. The van der Waals surface area contributed by atoms with Gasteiger partial charge >= 0.3 is 23.9 Å². The Balaban J connectivity index is 0.000000126. The number of nitrogens with zero attached hydrogens (tertiary/aromatic N) is 4. The van der Waals surface area contributed by atoms with E-state index in [1.165, 1.54) is 134 Å². The summed E-state index contributed by atoms with van der Waals surface area (Å²) in [6.07, 6.45) is 10.8. The molecule has 8 aromatic rings. The standard InChI is InChI=1S/C26H29NO4.C26H31NO4.C26H29NO3.C26H31NO3/c1-17-3-5-21-19(13-17)15-31-23-6-4-20(30-2)14-22(23)24(21)18-7-11-27(12-8-18)16-26(9-10-26)25(28)29;1-17-5-7-21-19(13-17)15-31-23-8-6-20(30-4)14-22(23)24(21)18-9-11-27(12-10-18)16-26(2,3)25(28)29;1-17-3-5-21-20(13-17)15-30-23-6-4-18(2)14-22(23)24(21)19-7-11-27(12-8-19)16-26(9-10-26)25(28)29;1-17-5-7-21-20(13-17)15-30-23-8-6-18(2)14-22(23)24(21)19-9-11-27(12-10-19)16-26(3,4)25(28)29/h3-6,13-14H,7-12,15-16H2,1-2H3,(H,28,29);5-8,13-14H,9-12,15-16H2,1-4H3,(H,28,29);3-6,13-14H,7-12,15-16H2,1-2H3,(H,28,29);5-8,13-14H,9-12,15-16H2,1-4H3,(H,28,29). The lowest BCUT2D eigenvalue weighted by Crippen LogP contribution is -2.42. The van der Waals surface area contributed by atoms with E-state index in [0.29, 0.717) is 52.6 Å². The summed E-state index contributed by atoms with van der Waals surface area (Å²) in [4.78, 5) is 55.5. The molecule has 0 spiro atoms. The molecule has 18 nitrogen and oxygen atoms in total. The molecule has 122 heavy (non-hydrogen) atoms. The number of carbonyl (C=O) groups is 4. The second kappa shape index (κ2) is 36.0. The van der Waals surface area contributed by atoms with Crippen molar-refractivity contribution in [2.24, 2.45) is 21.7 Å². The number of aryl methyl sites for hydroxylation is 6. The minimum absolute atomic E-state index is 0.478. The number of hydrogen-bond acceptors (Lipinski definition) is 14. The van der Waals surface area contributed by atoms with E-state index in [4.69, 9.17) is 28.4 Å². The van der Waals surface area contributed by atoms with Crippen LogP contribution in [0, 0.1) is 63.2 Å². The number of methoxy groups -OCH3 is 2. The fourth-order valence-electron chi connectivity index (χ4n) is 19.1. The third kappa shape index (κ3) is 19.0. The highest BCUT2D eigenvalue weighted by Crippen LogP contribution is 2.52. The number of likely N-dealkylation sites (tertiary alicyclic amines) is 4. The first kappa shape index (κ1) is 86.2. The number of piperidine rings is 4. The first-order chi connectivity index (χ1) is 58.5. The lowest BCUT2D eigenvalue weighted by atomic mass is 9.85. The van der Waals surface area contributed by atoms with Crippen LogP contribution in [0.15, 0.2) is 168 Å². The van der Waals surface area contributed by atoms with E-state index in [-0.39, 0.29) is 0 Å². The lowest BCUT2D eigenvalue weighted by molar-refractivity contribution is -0.148. The van der Waals surface area contributed by atoms with E-state index < -0.39 is 45.5 Å². The summed E-state index contributed by atoms with van der Waals surface area (Å²) in [7, 11) is 3.38. The molecule has 2 saturated carbocycles. The van der Waals surface area contributed by atoms with Gasteiger partial charge in [-0.05, 0) is 274 Å². The van der Waals surface area contributed by atoms with E-state index in [2.05, 4.69) is 182 Å². The fourth-order valence-corrected chi connectivity index (χ4v) is 19.1. The lowest BCUT2D eigenvalue weighted by Gasteiger charge is -2.34. The third-order valence-corrected chi connectivity index (χ3v) is 26.7. The number of aliphatic carboxylic acids is 4. The van der Waals surface area contributed by atoms with Gasteiger partial charge in [0.15, 0.2) is 0 Å². The minimum atomic E-state index is -0.747. The van der Waals surface area contributed by atoms with Gasteiger partial charge < -0.3 is 68.4 Å². The van der Waals surface area contributed by atoms with Gasteiger partial charge in [0, 0.05) is 101 Å². The van der Waals surface area contributed by atoms with Gasteiger partial charge in [0.05, 0.1) is 35.9 Å². The number of hydrogen-bond donors (Lipinski definition) is 4. The molecule has 4 N–H and O–H groups in total. The zero-order valence-corrected chi connectivity index (χ0v) is 73.3. The van der Waals surface area contributed by atoms with E-state index in [1.807, 2.05) is 38.1 Å². The Morgan fingerprint density at radius 1 is 0.328 bits per heavy atom. The normalized spacial score (nSPS) is 18.4. The first-order valence-corrected chi connectivity index (χ1v) is 43.7. The van der Waals surface area contributed by atoms with E-state index in [9.17, 15) is 39.6 Å². The fraction of sp³-hybridized carbons (Fsp3) is 0.423. The molecule has 18 heteroatoms. The number of rotatable bonds is 14. The summed E-state index contributed by atoms with van der Waals surface area (Å²) in [6, 6.07) is 51.5. The Labute approximate surface area is 719 Å². The maximum absolute atomic E-state index is 11.6. The average Bonchev–Trinajstić information content (AvgIpc) is 1.55. The summed E-state index contributed by atoms with van der Waals surface area (Å²) >= 11 is 0. The molecule has 2 aliphatic carbocycles. The molecular formula is C104H120N4O14. The van der Waals surface area contributed by atoms with Crippen molar-refractivity contribution in [2.75, 3.05) is 92.8 Å². The van der Waals surface area contributed by atoms with Crippen LogP contribution in [0.1, 0.15) is 205 Å². The highest BCUT2D eigenvalue weighted by Gasteiger charge is 2.52. The third-order valence-electron chi connectivity index (χ3n) is 26.7. The van der Waals surface area contributed by atoms with Crippen molar-refractivity contribution in [3.63, 3.8) is 0 Å². The molecule has 0 amide bonds. The zero-order valence-electron chi connectivity index (χ0n) is 73.3. The molecule has 640 valence electrons. The van der Waals surface area contributed by atoms with Crippen LogP contribution >= 0.6 is 0 Å². The number of benzene rings is 8. The molecule has 10 aliphatic rings. The SMILES string of the molecule is COc1ccc2c(c1)C(=C1CCN(CC(C)(C)C(=O)O)CC1)c1ccc(C)cc1CO2.COc1ccc2c(c1)C(=C1CCN(CC3(C(=O)O)CC3)CC1)c1ccc(C)cc1CO2.Cc1ccc2c(c1)COc1ccc(C)cc1C2=C1CCN(CC(C)(C)C(=O)O)CC1.Cc1ccc2c(c1)COc1ccc(C)cc1C2=C1CCN(CC2(C(=O)O)CC2)CC1. The molecule has 18 rings (SSSR count). The zero-order chi connectivity index (χ0) is 86.1. The highest BCUT2D eigenvalue weighted by molar-refractivity contribution is 5.91. The van der Waals surface area contributed by atoms with Crippen molar-refractivity contribution < 1.29 is 68.0 Å². The van der Waals surface area contributed by atoms with Crippen molar-refractivity contribution in [2.45, 2.75) is 173 Å². The predicted octanol–water partition coefficient (Wildman–Crippen LogP) is 19.7. The highest BCUT2D eigenvalue weighted by atomic mass is 16.5. The topological polar surface area (TPSA) is 218 Å². The van der Waals surface area contributed by atoms with Crippen LogP contribution in [0.5, 0.6) is 34.5 Å². The van der Waals surface area contributed by atoms with Gasteiger partial charge in [-0.25, -0.2) is 0 Å². The van der Waals surface area contributed by atoms with Crippen LogP contribution < -0.4 is 28.4 Å². The van der Waals surface area contributed by atoms with Gasteiger partial charge in [-0.15, -0.1) is 0 Å². The molecule has 8 aromatic carbocycles. The van der Waals surface area contributed by atoms with Crippen LogP contribution in [0.25, 0.3) is 22.3 Å². The smallest absolute Gasteiger partial charge is 0.310 e. The molecule has 0 unspecified atom stereocenters. The summed E-state index contributed by atoms with van der Waals surface area (Å²) in [5.74, 6) is 2.58. The van der Waals surface area contributed by atoms with E-state index in [0.717, 1.165) is 175 Å². The van der Waals surface area contributed by atoms with Crippen LogP contribution in [0.3, 0.4) is 0 Å². The molecular weight excluding hydrogens is 1530 g/mol. The summed E-state index contributed by atoms with van der Waals surface area (Å²) in [5, 5.41) is 38.1. The van der Waals surface area contributed by atoms with Gasteiger partial charge in [-0.1, -0.05) is 141 Å². The molecule has 6 fully saturated rings. The second-order valence-corrected chi connectivity index (χ2v) is 37.1. The van der Waals surface area contributed by atoms with Gasteiger partial charge in [-0.3, -0.25) is 19.2 Å². The molecule has 0 aromatic heterocycles. The van der Waals surface area contributed by atoms with Crippen LogP contribution in [0.2, 0.25) is 0 Å². The number of ether oxygens (including phenoxy) is 6. The molecule has 8 heterocycles. The van der Waals surface area contributed by atoms with E-state index in [1.54, 1.807) is 28.1 Å². The largest absolute Gasteiger partial charge is 0.497 e. The Morgan fingerprint density at radius 3 is 0.811 bits per heavy atom. The Bertz CT molecular complexity index is 5160. The van der Waals surface area contributed by atoms with Crippen LogP contribution in [-0.2, 0) is 45.6 Å². The monoisotopic (exact) mass is 1650 g/mol. The van der Waals surface area contributed by atoms with Crippen molar-refractivity contribution in [1.82, 2.24) is 19.6 Å². The number of carboxylic acids is 4. The van der Waals surface area contributed by atoms with Crippen molar-refractivity contribution >= 4 is 46.2 Å². The molecule has 0 atom stereocenters. The molecule has 8 aliphatic heterocycles. The number of carboxylic acid groups (broad SMARTS) is 4. The Hall–Kier alpha value is -10.8. The van der Waals surface area contributed by atoms with Gasteiger partial charge in [0.1, 0.15) is 60.9 Å². The molecule has 4 saturated heterocycles. The first-order valence-electron chi connectivity index (χ1n) is 43.7. The van der Waals surface area contributed by atoms with E-state index >= 15 is 0 Å². The summed E-state index contributed by atoms with van der Waals surface area (Å²) in [6.45, 7) is 31.9. The summed E-state index contributed by atoms with van der Waals surface area (Å²) in [5.41, 5.74) is 30.4. The average molecular weight is 1650 g/mol. The van der Waals surface area contributed by atoms with Crippen LogP contribution in [-0.4, -0.2) is 157 Å². The van der Waals surface area contributed by atoms with Crippen molar-refractivity contribution in [3.8, 4) is 34.5 Å². The van der Waals surface area contributed by atoms with Crippen LogP contribution in [0.4, 0.5) is 0 Å². The molecule has 0 radical (unpaired) electrons. The van der Waals surface area contributed by atoms with Gasteiger partial charge in [0.25, 0.3) is 0 Å². The van der Waals surface area contributed by atoms with Gasteiger partial charge in [0.2, 0.25) is 0 Å². The maximum atomic E-state index is 11.6. The Morgan fingerprint density at radius 2 is 0.566 bits per heavy atom. The molecule has 0 bridgehead atoms. The summed E-state index contributed by atoms with van der Waals surface area (Å²) < 4.78 is 35.9. The maximum Gasteiger partial charge on any atom is 0.310 e. The minimum Gasteiger partial charge on any atom is -0.497 e. The second-order valence-electron chi connectivity index (χ2n) is 37.1. The van der Waals surface area contributed by atoms with Gasteiger partial charge in [-0.2, -0.15) is 0 Å². The van der Waals surface area contributed by atoms with Crippen molar-refractivity contribution in [3.05, 3.63) is 268 Å². The quantitative estimate of drug-likeness (QED) is 0.0796. The predicted molar refractivity (Wildman–Crippen MR) is 479 cm³/mol. The van der Waals surface area contributed by atoms with Crippen molar-refractivity contribution in [1.29, 1.82) is 0 Å². The number of fused-ring (bicyclic) bond motifs is 8.